The van der Waals surface area contributed by atoms with Crippen molar-refractivity contribution in [1.82, 2.24) is 10.2 Å². The Hall–Kier alpha value is -0.160. The average Bonchev–Trinajstić information content (AvgIpc) is 2.32. The van der Waals surface area contributed by atoms with Crippen LogP contribution in [0.5, 0.6) is 0 Å². The van der Waals surface area contributed by atoms with Gasteiger partial charge in [0, 0.05) is 40.0 Å². The van der Waals surface area contributed by atoms with Gasteiger partial charge in [0.25, 0.3) is 0 Å². The van der Waals surface area contributed by atoms with Gasteiger partial charge in [-0.05, 0) is 32.9 Å². The lowest BCUT2D eigenvalue weighted by Gasteiger charge is -2.23. The minimum Gasteiger partial charge on any atom is -0.385 e. The van der Waals surface area contributed by atoms with Gasteiger partial charge in [0.05, 0.1) is 6.61 Å². The summed E-state index contributed by atoms with van der Waals surface area (Å²) in [5.41, 5.74) is 0. The van der Waals surface area contributed by atoms with Crippen LogP contribution in [0.15, 0.2) is 0 Å². The smallest absolute Gasteiger partial charge is 0.0589 e. The molecule has 4 heteroatoms. The Balaban J connectivity index is 3.74. The van der Waals surface area contributed by atoms with E-state index in [4.69, 9.17) is 9.47 Å². The third-order valence-corrected chi connectivity index (χ3v) is 2.87. The molecule has 0 saturated heterocycles. The highest BCUT2D eigenvalue weighted by Crippen LogP contribution is 1.98. The van der Waals surface area contributed by atoms with Gasteiger partial charge in [0.2, 0.25) is 0 Å². The van der Waals surface area contributed by atoms with E-state index in [-0.39, 0.29) is 0 Å². The topological polar surface area (TPSA) is 33.7 Å². The number of rotatable bonds is 12. The number of methoxy groups -OCH3 is 2. The van der Waals surface area contributed by atoms with E-state index in [1.165, 1.54) is 6.42 Å². The lowest BCUT2D eigenvalue weighted by molar-refractivity contribution is 0.130. The minimum atomic E-state index is 0.590. The van der Waals surface area contributed by atoms with E-state index in [0.29, 0.717) is 6.04 Å². The van der Waals surface area contributed by atoms with Crippen molar-refractivity contribution < 1.29 is 9.47 Å². The van der Waals surface area contributed by atoms with E-state index >= 15 is 0 Å². The average molecular weight is 246 g/mol. The normalized spacial score (nSPS) is 13.2. The zero-order valence-electron chi connectivity index (χ0n) is 12.0. The van der Waals surface area contributed by atoms with E-state index in [0.717, 1.165) is 45.8 Å². The zero-order valence-corrected chi connectivity index (χ0v) is 12.0. The second kappa shape index (κ2) is 12.3. The predicted molar refractivity (Wildman–Crippen MR) is 72.6 cm³/mol. The molecule has 0 heterocycles. The molecule has 0 aliphatic carbocycles. The molecule has 0 radical (unpaired) electrons. The van der Waals surface area contributed by atoms with Crippen LogP contribution in [0, 0.1) is 0 Å². The van der Waals surface area contributed by atoms with E-state index in [1.54, 1.807) is 14.2 Å². The molecule has 0 spiro atoms. The molecular formula is C13H30N2O2. The first kappa shape index (κ1) is 16.8. The summed E-state index contributed by atoms with van der Waals surface area (Å²) < 4.78 is 10.2. The van der Waals surface area contributed by atoms with Gasteiger partial charge >= 0.3 is 0 Å². The fourth-order valence-electron chi connectivity index (χ4n) is 1.82. The standard InChI is InChI=1S/C13H30N2O2/c1-5-14-13(2)7-9-15(10-12-17-4)8-6-11-16-3/h13-14H,5-12H2,1-4H3. The van der Waals surface area contributed by atoms with E-state index in [1.807, 2.05) is 0 Å². The molecule has 0 aromatic heterocycles. The molecule has 0 rings (SSSR count). The molecule has 0 aliphatic rings. The Bertz CT molecular complexity index is 156. The highest BCUT2D eigenvalue weighted by atomic mass is 16.5. The quantitative estimate of drug-likeness (QED) is 0.527. The van der Waals surface area contributed by atoms with Crippen molar-refractivity contribution in [3.63, 3.8) is 0 Å². The highest BCUT2D eigenvalue weighted by molar-refractivity contribution is 4.64. The molecule has 0 saturated carbocycles. The van der Waals surface area contributed by atoms with Gasteiger partial charge in [-0.2, -0.15) is 0 Å². The van der Waals surface area contributed by atoms with Crippen LogP contribution in [0.2, 0.25) is 0 Å². The Kier molecular flexibility index (Phi) is 12.2. The Morgan fingerprint density at radius 2 is 1.76 bits per heavy atom. The van der Waals surface area contributed by atoms with Crippen LogP contribution < -0.4 is 5.32 Å². The van der Waals surface area contributed by atoms with Gasteiger partial charge < -0.3 is 19.7 Å². The lowest BCUT2D eigenvalue weighted by atomic mass is 10.2. The van der Waals surface area contributed by atoms with Gasteiger partial charge in [-0.25, -0.2) is 0 Å². The number of nitrogens with zero attached hydrogens (tertiary/aromatic N) is 1. The molecule has 4 nitrogen and oxygen atoms in total. The van der Waals surface area contributed by atoms with Crippen LogP contribution in [0.25, 0.3) is 0 Å². The number of hydrogen-bond acceptors (Lipinski definition) is 4. The second-order valence-electron chi connectivity index (χ2n) is 4.43. The third-order valence-electron chi connectivity index (χ3n) is 2.87. The Morgan fingerprint density at radius 3 is 2.35 bits per heavy atom. The summed E-state index contributed by atoms with van der Waals surface area (Å²) in [7, 11) is 3.52. The van der Waals surface area contributed by atoms with Crippen molar-refractivity contribution in [2.24, 2.45) is 0 Å². The van der Waals surface area contributed by atoms with Crippen LogP contribution in [-0.2, 0) is 9.47 Å². The van der Waals surface area contributed by atoms with Crippen LogP contribution in [0.4, 0.5) is 0 Å². The molecule has 1 atom stereocenters. The van der Waals surface area contributed by atoms with Crippen molar-refractivity contribution in [2.45, 2.75) is 32.7 Å². The van der Waals surface area contributed by atoms with Crippen molar-refractivity contribution >= 4 is 0 Å². The molecular weight excluding hydrogens is 216 g/mol. The zero-order chi connectivity index (χ0) is 12.9. The molecule has 0 amide bonds. The minimum absolute atomic E-state index is 0.590. The summed E-state index contributed by atoms with van der Waals surface area (Å²) in [5, 5.41) is 3.44. The predicted octanol–water partition coefficient (Wildman–Crippen LogP) is 1.36. The van der Waals surface area contributed by atoms with Gasteiger partial charge in [-0.3, -0.25) is 0 Å². The summed E-state index contributed by atoms with van der Waals surface area (Å²) in [4.78, 5) is 2.45. The molecule has 0 bridgehead atoms. The monoisotopic (exact) mass is 246 g/mol. The fraction of sp³-hybridized carbons (Fsp3) is 1.00. The summed E-state index contributed by atoms with van der Waals surface area (Å²) in [6.07, 6.45) is 2.28. The molecule has 104 valence electrons. The number of ether oxygens (including phenoxy) is 2. The van der Waals surface area contributed by atoms with Crippen molar-refractivity contribution in [2.75, 3.05) is 53.6 Å². The molecule has 0 aromatic carbocycles. The van der Waals surface area contributed by atoms with Crippen molar-refractivity contribution in [3.05, 3.63) is 0 Å². The fourth-order valence-corrected chi connectivity index (χ4v) is 1.82. The van der Waals surface area contributed by atoms with Crippen LogP contribution in [0.1, 0.15) is 26.7 Å². The molecule has 0 fully saturated rings. The van der Waals surface area contributed by atoms with Crippen molar-refractivity contribution in [1.29, 1.82) is 0 Å². The van der Waals surface area contributed by atoms with E-state index in [2.05, 4.69) is 24.1 Å². The van der Waals surface area contributed by atoms with Gasteiger partial charge in [0.15, 0.2) is 0 Å². The SMILES string of the molecule is CCNC(C)CCN(CCCOC)CCOC. The molecule has 0 aromatic rings. The Labute approximate surface area is 107 Å². The van der Waals surface area contributed by atoms with E-state index < -0.39 is 0 Å². The maximum Gasteiger partial charge on any atom is 0.0589 e. The summed E-state index contributed by atoms with van der Waals surface area (Å²) in [6.45, 7) is 10.3. The van der Waals surface area contributed by atoms with Crippen molar-refractivity contribution in [3.8, 4) is 0 Å². The first-order valence-electron chi connectivity index (χ1n) is 6.68. The summed E-state index contributed by atoms with van der Waals surface area (Å²) in [6, 6.07) is 0.590. The maximum absolute atomic E-state index is 5.14. The first-order valence-corrected chi connectivity index (χ1v) is 6.68. The molecule has 0 aliphatic heterocycles. The second-order valence-corrected chi connectivity index (χ2v) is 4.43. The van der Waals surface area contributed by atoms with Gasteiger partial charge in [-0.1, -0.05) is 6.92 Å². The summed E-state index contributed by atoms with van der Waals surface area (Å²) in [5.74, 6) is 0. The van der Waals surface area contributed by atoms with Gasteiger partial charge in [-0.15, -0.1) is 0 Å². The van der Waals surface area contributed by atoms with Gasteiger partial charge in [0.1, 0.15) is 0 Å². The highest BCUT2D eigenvalue weighted by Gasteiger charge is 2.07. The molecule has 1 unspecified atom stereocenters. The molecule has 17 heavy (non-hydrogen) atoms. The molecule has 1 N–H and O–H groups in total. The van der Waals surface area contributed by atoms with Crippen LogP contribution in [0.3, 0.4) is 0 Å². The number of hydrogen-bond donors (Lipinski definition) is 1. The Morgan fingerprint density at radius 1 is 1.06 bits per heavy atom. The lowest BCUT2D eigenvalue weighted by Crippen LogP contribution is -2.35. The van der Waals surface area contributed by atoms with E-state index in [9.17, 15) is 0 Å². The number of nitrogens with one attached hydrogen (secondary N) is 1. The maximum atomic E-state index is 5.14. The van der Waals surface area contributed by atoms with Crippen LogP contribution >= 0.6 is 0 Å². The van der Waals surface area contributed by atoms with Crippen LogP contribution in [-0.4, -0.2) is 64.6 Å². The third kappa shape index (κ3) is 10.7. The first-order chi connectivity index (χ1) is 8.24. The largest absolute Gasteiger partial charge is 0.385 e. The summed E-state index contributed by atoms with van der Waals surface area (Å²) >= 11 is 0.